The Hall–Kier alpha value is -1.03. The van der Waals surface area contributed by atoms with Gasteiger partial charge in [-0.1, -0.05) is 26.2 Å². The lowest BCUT2D eigenvalue weighted by Crippen LogP contribution is -2.06. The number of carbonyl (C=O) groups excluding carboxylic acids is 1. The van der Waals surface area contributed by atoms with Crippen LogP contribution in [0.4, 0.5) is 4.39 Å². The fourth-order valence-corrected chi connectivity index (χ4v) is 1.63. The third-order valence-electron chi connectivity index (χ3n) is 2.41. The average Bonchev–Trinajstić information content (AvgIpc) is 2.32. The minimum absolute atomic E-state index is 0.158. The zero-order valence-electron chi connectivity index (χ0n) is 9.91. The monoisotopic (exact) mass is 256 g/mol. The summed E-state index contributed by atoms with van der Waals surface area (Å²) in [6, 6.07) is 4.01. The molecule has 0 N–H and O–H groups in total. The van der Waals surface area contributed by atoms with Gasteiger partial charge in [0.15, 0.2) is 0 Å². The number of unbranched alkanes of at least 4 members (excludes halogenated alkanes) is 3. The van der Waals surface area contributed by atoms with Crippen molar-refractivity contribution in [2.45, 2.75) is 37.5 Å². The van der Waals surface area contributed by atoms with Gasteiger partial charge in [-0.2, -0.15) is 0 Å². The summed E-state index contributed by atoms with van der Waals surface area (Å²) >= 11 is 3.92. The first-order chi connectivity index (χ1) is 8.15. The molecule has 0 spiro atoms. The van der Waals surface area contributed by atoms with E-state index in [-0.39, 0.29) is 4.90 Å². The molecular weight excluding hydrogens is 239 g/mol. The highest BCUT2D eigenvalue weighted by molar-refractivity contribution is 7.80. The minimum atomic E-state index is -0.437. The topological polar surface area (TPSA) is 26.3 Å². The quantitative estimate of drug-likeness (QED) is 0.475. The van der Waals surface area contributed by atoms with Crippen LogP contribution in [-0.4, -0.2) is 12.6 Å². The highest BCUT2D eigenvalue weighted by Crippen LogP contribution is 2.15. The van der Waals surface area contributed by atoms with Gasteiger partial charge in [-0.05, 0) is 24.6 Å². The Morgan fingerprint density at radius 2 is 2.12 bits per heavy atom. The maximum Gasteiger partial charge on any atom is 0.338 e. The molecule has 0 aliphatic rings. The van der Waals surface area contributed by atoms with Crippen molar-refractivity contribution in [2.75, 3.05) is 6.61 Å². The molecule has 0 heterocycles. The summed E-state index contributed by atoms with van der Waals surface area (Å²) in [6.45, 7) is 2.54. The highest BCUT2D eigenvalue weighted by Gasteiger charge is 2.08. The van der Waals surface area contributed by atoms with Crippen LogP contribution in [-0.2, 0) is 4.74 Å². The van der Waals surface area contributed by atoms with Crippen molar-refractivity contribution in [2.24, 2.45) is 0 Å². The molecule has 1 aromatic carbocycles. The molecule has 0 atom stereocenters. The molecule has 0 amide bonds. The van der Waals surface area contributed by atoms with E-state index in [4.69, 9.17) is 4.74 Å². The predicted molar refractivity (Wildman–Crippen MR) is 68.1 cm³/mol. The number of benzene rings is 1. The first kappa shape index (κ1) is 14.0. The second kappa shape index (κ2) is 7.33. The van der Waals surface area contributed by atoms with Crippen LogP contribution in [0.3, 0.4) is 0 Å². The molecule has 0 unspecified atom stereocenters. The second-order valence-corrected chi connectivity index (χ2v) is 4.34. The van der Waals surface area contributed by atoms with Crippen LogP contribution >= 0.6 is 12.6 Å². The lowest BCUT2D eigenvalue weighted by atomic mass is 10.2. The van der Waals surface area contributed by atoms with Gasteiger partial charge in [0.05, 0.1) is 12.2 Å². The van der Waals surface area contributed by atoms with Crippen LogP contribution in [0.25, 0.3) is 0 Å². The van der Waals surface area contributed by atoms with Crippen LogP contribution in [0.1, 0.15) is 43.0 Å². The van der Waals surface area contributed by atoms with Crippen LogP contribution in [0.15, 0.2) is 23.1 Å². The Kier molecular flexibility index (Phi) is 6.05. The molecule has 0 saturated heterocycles. The van der Waals surface area contributed by atoms with Gasteiger partial charge in [0.2, 0.25) is 0 Å². The first-order valence-corrected chi connectivity index (χ1v) is 6.25. The molecule has 0 saturated carbocycles. The predicted octanol–water partition coefficient (Wildman–Crippen LogP) is 3.85. The van der Waals surface area contributed by atoms with Crippen molar-refractivity contribution in [1.29, 1.82) is 0 Å². The second-order valence-electron chi connectivity index (χ2n) is 3.86. The van der Waals surface area contributed by atoms with Gasteiger partial charge in [0, 0.05) is 4.90 Å². The molecule has 0 aliphatic carbocycles. The standard InChI is InChI=1S/C13H17FO2S/c1-2-3-4-5-8-16-13(15)10-6-7-11(14)12(17)9-10/h6-7,9,17H,2-5,8H2,1H3. The largest absolute Gasteiger partial charge is 0.462 e. The summed E-state index contributed by atoms with van der Waals surface area (Å²) in [6.07, 6.45) is 4.23. The van der Waals surface area contributed by atoms with E-state index in [0.29, 0.717) is 12.2 Å². The maximum atomic E-state index is 12.9. The van der Waals surface area contributed by atoms with Crippen molar-refractivity contribution in [3.63, 3.8) is 0 Å². The van der Waals surface area contributed by atoms with Crippen LogP contribution in [0.5, 0.6) is 0 Å². The third kappa shape index (κ3) is 4.77. The third-order valence-corrected chi connectivity index (χ3v) is 2.76. The molecule has 2 nitrogen and oxygen atoms in total. The first-order valence-electron chi connectivity index (χ1n) is 5.80. The fourth-order valence-electron chi connectivity index (χ4n) is 1.42. The van der Waals surface area contributed by atoms with E-state index in [1.807, 2.05) is 0 Å². The van der Waals surface area contributed by atoms with Crippen LogP contribution in [0.2, 0.25) is 0 Å². The number of thiol groups is 1. The van der Waals surface area contributed by atoms with E-state index in [9.17, 15) is 9.18 Å². The molecule has 1 rings (SSSR count). The zero-order valence-corrected chi connectivity index (χ0v) is 10.8. The van der Waals surface area contributed by atoms with Gasteiger partial charge >= 0.3 is 5.97 Å². The minimum Gasteiger partial charge on any atom is -0.462 e. The average molecular weight is 256 g/mol. The number of hydrogen-bond acceptors (Lipinski definition) is 3. The van der Waals surface area contributed by atoms with Gasteiger partial charge in [-0.15, -0.1) is 12.6 Å². The number of halogens is 1. The maximum absolute atomic E-state index is 12.9. The van der Waals surface area contributed by atoms with E-state index < -0.39 is 11.8 Å². The highest BCUT2D eigenvalue weighted by atomic mass is 32.1. The van der Waals surface area contributed by atoms with Gasteiger partial charge in [-0.3, -0.25) is 0 Å². The van der Waals surface area contributed by atoms with E-state index in [1.54, 1.807) is 0 Å². The fraction of sp³-hybridized carbons (Fsp3) is 0.462. The molecule has 0 aliphatic heterocycles. The molecule has 17 heavy (non-hydrogen) atoms. The Morgan fingerprint density at radius 3 is 2.76 bits per heavy atom. The van der Waals surface area contributed by atoms with Crippen molar-refractivity contribution in [3.8, 4) is 0 Å². The summed E-state index contributed by atoms with van der Waals surface area (Å²) in [7, 11) is 0. The van der Waals surface area contributed by atoms with Gasteiger partial charge < -0.3 is 4.74 Å². The van der Waals surface area contributed by atoms with Crippen molar-refractivity contribution >= 4 is 18.6 Å². The molecule has 4 heteroatoms. The number of esters is 1. The summed E-state index contributed by atoms with van der Waals surface area (Å²) < 4.78 is 18.0. The van der Waals surface area contributed by atoms with Gasteiger partial charge in [0.1, 0.15) is 5.82 Å². The Bertz CT molecular complexity index is 380. The summed E-state index contributed by atoms with van der Waals surface area (Å²) in [5.41, 5.74) is 0.340. The van der Waals surface area contributed by atoms with E-state index >= 15 is 0 Å². The molecule has 0 aromatic heterocycles. The van der Waals surface area contributed by atoms with Crippen molar-refractivity contribution in [3.05, 3.63) is 29.6 Å². The van der Waals surface area contributed by atoms with Crippen molar-refractivity contribution < 1.29 is 13.9 Å². The number of carbonyl (C=O) groups is 1. The number of ether oxygens (including phenoxy) is 1. The molecule has 0 fully saturated rings. The number of hydrogen-bond donors (Lipinski definition) is 1. The van der Waals surface area contributed by atoms with E-state index in [1.165, 1.54) is 18.2 Å². The zero-order chi connectivity index (χ0) is 12.7. The van der Waals surface area contributed by atoms with Crippen LogP contribution in [0, 0.1) is 5.82 Å². The van der Waals surface area contributed by atoms with E-state index in [2.05, 4.69) is 19.6 Å². The van der Waals surface area contributed by atoms with Gasteiger partial charge in [0.25, 0.3) is 0 Å². The summed E-state index contributed by atoms with van der Waals surface area (Å²) in [4.78, 5) is 11.7. The Morgan fingerprint density at radius 1 is 1.35 bits per heavy atom. The summed E-state index contributed by atoms with van der Waals surface area (Å²) in [5.74, 6) is -0.857. The normalized spacial score (nSPS) is 10.3. The van der Waals surface area contributed by atoms with Crippen molar-refractivity contribution in [1.82, 2.24) is 0 Å². The van der Waals surface area contributed by atoms with Crippen LogP contribution < -0.4 is 0 Å². The lowest BCUT2D eigenvalue weighted by molar-refractivity contribution is 0.0497. The molecule has 0 bridgehead atoms. The van der Waals surface area contributed by atoms with Gasteiger partial charge in [-0.25, -0.2) is 9.18 Å². The lowest BCUT2D eigenvalue weighted by Gasteiger charge is -2.05. The molecule has 1 aromatic rings. The number of rotatable bonds is 6. The summed E-state index contributed by atoms with van der Waals surface area (Å²) in [5, 5.41) is 0. The Labute approximate surface area is 107 Å². The molecular formula is C13H17FO2S. The smallest absolute Gasteiger partial charge is 0.338 e. The van der Waals surface area contributed by atoms with E-state index in [0.717, 1.165) is 25.7 Å². The Balaban J connectivity index is 2.39. The molecule has 0 radical (unpaired) electrons. The molecule has 94 valence electrons. The SMILES string of the molecule is CCCCCCOC(=O)c1ccc(F)c(S)c1.